The van der Waals surface area contributed by atoms with Crippen LogP contribution in [0.4, 0.5) is 15.9 Å². The second-order valence-electron chi connectivity index (χ2n) is 7.85. The molecule has 5 rings (SSSR count). The highest BCUT2D eigenvalue weighted by Crippen LogP contribution is 2.36. The number of nitrogens with one attached hydrogen (secondary N) is 2. The summed E-state index contributed by atoms with van der Waals surface area (Å²) in [4.78, 5) is 13.2. The molecule has 0 spiro atoms. The van der Waals surface area contributed by atoms with Crippen molar-refractivity contribution in [3.05, 3.63) is 118 Å². The molecule has 1 aliphatic heterocycles. The normalized spacial score (nSPS) is 14.8. The van der Waals surface area contributed by atoms with Crippen molar-refractivity contribution in [1.29, 1.82) is 0 Å². The monoisotopic (exact) mass is 502 g/mol. The third-order valence-corrected chi connectivity index (χ3v) is 6.06. The molecule has 0 saturated heterocycles. The van der Waals surface area contributed by atoms with Crippen LogP contribution in [-0.4, -0.2) is 15.7 Å². The maximum absolute atomic E-state index is 14.8. The molecule has 0 fully saturated rings. The SMILES string of the molecule is Cc1cccc(NC(=O)c2cnn3c2NC(c2ccc(Br)cc2)=CC3c2ccccc2F)c1. The Kier molecular flexibility index (Phi) is 5.56. The zero-order valence-electron chi connectivity index (χ0n) is 17.7. The number of nitrogens with zero attached hydrogens (tertiary/aromatic N) is 2. The molecule has 1 aromatic heterocycles. The highest BCUT2D eigenvalue weighted by molar-refractivity contribution is 9.10. The first-order valence-corrected chi connectivity index (χ1v) is 11.2. The van der Waals surface area contributed by atoms with Crippen molar-refractivity contribution in [2.45, 2.75) is 13.0 Å². The number of benzene rings is 3. The van der Waals surface area contributed by atoms with Crippen LogP contribution in [0.25, 0.3) is 5.70 Å². The molecule has 3 aromatic carbocycles. The van der Waals surface area contributed by atoms with Crippen LogP contribution >= 0.6 is 15.9 Å². The fraction of sp³-hybridized carbons (Fsp3) is 0.0769. The van der Waals surface area contributed by atoms with Crippen LogP contribution in [0.2, 0.25) is 0 Å². The van der Waals surface area contributed by atoms with Gasteiger partial charge in [0.2, 0.25) is 0 Å². The Morgan fingerprint density at radius 2 is 1.88 bits per heavy atom. The average Bonchev–Trinajstić information content (AvgIpc) is 3.24. The third kappa shape index (κ3) is 4.19. The predicted octanol–water partition coefficient (Wildman–Crippen LogP) is 6.40. The van der Waals surface area contributed by atoms with Gasteiger partial charge in [0.15, 0.2) is 0 Å². The molecule has 1 amide bonds. The summed E-state index contributed by atoms with van der Waals surface area (Å²) < 4.78 is 17.4. The van der Waals surface area contributed by atoms with Crippen LogP contribution in [0.5, 0.6) is 0 Å². The van der Waals surface area contributed by atoms with E-state index in [0.29, 0.717) is 22.6 Å². The molecule has 4 aromatic rings. The van der Waals surface area contributed by atoms with E-state index < -0.39 is 6.04 Å². The molecule has 0 saturated carbocycles. The molecule has 7 heteroatoms. The van der Waals surface area contributed by atoms with Gasteiger partial charge in [-0.2, -0.15) is 5.10 Å². The Labute approximate surface area is 199 Å². The number of halogens is 2. The van der Waals surface area contributed by atoms with E-state index in [2.05, 4.69) is 31.7 Å². The fourth-order valence-electron chi connectivity index (χ4n) is 3.92. The minimum atomic E-state index is -0.512. The smallest absolute Gasteiger partial charge is 0.261 e. The van der Waals surface area contributed by atoms with Crippen LogP contribution < -0.4 is 10.6 Å². The Morgan fingerprint density at radius 1 is 1.09 bits per heavy atom. The van der Waals surface area contributed by atoms with E-state index in [1.54, 1.807) is 22.9 Å². The molecule has 0 aliphatic carbocycles. The molecular formula is C26H20BrFN4O. The van der Waals surface area contributed by atoms with Gasteiger partial charge in [-0.15, -0.1) is 0 Å². The van der Waals surface area contributed by atoms with Gasteiger partial charge in [-0.05, 0) is 54.5 Å². The van der Waals surface area contributed by atoms with Crippen molar-refractivity contribution in [2.75, 3.05) is 10.6 Å². The molecule has 33 heavy (non-hydrogen) atoms. The van der Waals surface area contributed by atoms with Crippen LogP contribution in [-0.2, 0) is 0 Å². The van der Waals surface area contributed by atoms with Gasteiger partial charge in [0.1, 0.15) is 23.2 Å². The van der Waals surface area contributed by atoms with Gasteiger partial charge >= 0.3 is 0 Å². The number of allylic oxidation sites excluding steroid dienone is 1. The summed E-state index contributed by atoms with van der Waals surface area (Å²) >= 11 is 3.46. The van der Waals surface area contributed by atoms with Gasteiger partial charge in [-0.25, -0.2) is 9.07 Å². The second-order valence-corrected chi connectivity index (χ2v) is 8.77. The van der Waals surface area contributed by atoms with E-state index in [0.717, 1.165) is 21.3 Å². The van der Waals surface area contributed by atoms with Gasteiger partial charge in [0.05, 0.1) is 6.20 Å². The number of carbonyl (C=O) groups excluding carboxylic acids is 1. The number of fused-ring (bicyclic) bond motifs is 1. The maximum atomic E-state index is 14.8. The first kappa shape index (κ1) is 21.2. The number of amides is 1. The van der Waals surface area contributed by atoms with Crippen LogP contribution in [0.3, 0.4) is 0 Å². The second kappa shape index (κ2) is 8.67. The summed E-state index contributed by atoms with van der Waals surface area (Å²) in [5.41, 5.74) is 4.28. The molecule has 2 N–H and O–H groups in total. The summed E-state index contributed by atoms with van der Waals surface area (Å²) in [6, 6.07) is 21.5. The van der Waals surface area contributed by atoms with E-state index >= 15 is 0 Å². The third-order valence-electron chi connectivity index (χ3n) is 5.54. The predicted molar refractivity (Wildman–Crippen MR) is 132 cm³/mol. The lowest BCUT2D eigenvalue weighted by Gasteiger charge is -2.26. The van der Waals surface area contributed by atoms with Crippen molar-refractivity contribution in [3.63, 3.8) is 0 Å². The maximum Gasteiger partial charge on any atom is 0.261 e. The number of hydrogen-bond donors (Lipinski definition) is 2. The topological polar surface area (TPSA) is 59.0 Å². The van der Waals surface area contributed by atoms with E-state index in [9.17, 15) is 9.18 Å². The lowest BCUT2D eigenvalue weighted by atomic mass is 10.0. The molecule has 2 heterocycles. The van der Waals surface area contributed by atoms with Crippen LogP contribution in [0.1, 0.15) is 33.1 Å². The molecule has 0 bridgehead atoms. The minimum Gasteiger partial charge on any atom is -0.339 e. The Hall–Kier alpha value is -3.71. The summed E-state index contributed by atoms with van der Waals surface area (Å²) in [7, 11) is 0. The molecule has 164 valence electrons. The highest BCUT2D eigenvalue weighted by atomic mass is 79.9. The summed E-state index contributed by atoms with van der Waals surface area (Å²) in [6.45, 7) is 1.97. The van der Waals surface area contributed by atoms with Gasteiger partial charge < -0.3 is 10.6 Å². The van der Waals surface area contributed by atoms with Gasteiger partial charge in [-0.1, -0.05) is 58.4 Å². The summed E-state index contributed by atoms with van der Waals surface area (Å²) in [5, 5.41) is 10.7. The molecule has 0 radical (unpaired) electrons. The number of hydrogen-bond acceptors (Lipinski definition) is 3. The zero-order valence-corrected chi connectivity index (χ0v) is 19.3. The number of aryl methyl sites for hydroxylation is 1. The van der Waals surface area contributed by atoms with Gasteiger partial charge in [-0.3, -0.25) is 4.79 Å². The van der Waals surface area contributed by atoms with Crippen molar-refractivity contribution in [3.8, 4) is 0 Å². The van der Waals surface area contributed by atoms with Crippen LogP contribution in [0, 0.1) is 12.7 Å². The van der Waals surface area contributed by atoms with Crippen molar-refractivity contribution < 1.29 is 9.18 Å². The quantitative estimate of drug-likeness (QED) is 0.339. The van der Waals surface area contributed by atoms with Gasteiger partial charge in [0.25, 0.3) is 5.91 Å². The number of carbonyl (C=O) groups is 1. The molecule has 5 nitrogen and oxygen atoms in total. The molecule has 1 aliphatic rings. The standard InChI is InChI=1S/C26H20BrFN4O/c1-16-5-4-6-19(13-16)30-26(33)21-15-29-32-24(20-7-2-3-8-22(20)28)14-23(31-25(21)32)17-9-11-18(27)12-10-17/h2-15,24,31H,1H3,(H,30,33). The number of aromatic nitrogens is 2. The average molecular weight is 503 g/mol. The van der Waals surface area contributed by atoms with Gasteiger partial charge in [0, 0.05) is 21.4 Å². The van der Waals surface area contributed by atoms with Crippen LogP contribution in [0.15, 0.2) is 89.5 Å². The first-order valence-electron chi connectivity index (χ1n) is 10.4. The fourth-order valence-corrected chi connectivity index (χ4v) is 4.18. The molecular weight excluding hydrogens is 483 g/mol. The van der Waals surface area contributed by atoms with Crippen molar-refractivity contribution in [2.24, 2.45) is 0 Å². The van der Waals surface area contributed by atoms with E-state index in [4.69, 9.17) is 0 Å². The molecule has 1 unspecified atom stereocenters. The lowest BCUT2D eigenvalue weighted by Crippen LogP contribution is -2.22. The van der Waals surface area contributed by atoms with E-state index in [1.165, 1.54) is 12.3 Å². The first-order chi connectivity index (χ1) is 16.0. The Bertz CT molecular complexity index is 1380. The van der Waals surface area contributed by atoms with E-state index in [-0.39, 0.29) is 11.7 Å². The number of anilines is 2. The minimum absolute atomic E-state index is 0.293. The number of rotatable bonds is 4. The highest BCUT2D eigenvalue weighted by Gasteiger charge is 2.29. The lowest BCUT2D eigenvalue weighted by molar-refractivity contribution is 0.102. The Morgan fingerprint density at radius 3 is 2.64 bits per heavy atom. The van der Waals surface area contributed by atoms with Crippen molar-refractivity contribution in [1.82, 2.24) is 9.78 Å². The molecule has 1 atom stereocenters. The van der Waals surface area contributed by atoms with Crippen molar-refractivity contribution >= 4 is 39.0 Å². The summed E-state index contributed by atoms with van der Waals surface area (Å²) in [6.07, 6.45) is 3.43. The Balaban J connectivity index is 1.57. The summed E-state index contributed by atoms with van der Waals surface area (Å²) in [5.74, 6) is -0.115. The largest absolute Gasteiger partial charge is 0.339 e. The van der Waals surface area contributed by atoms with E-state index in [1.807, 2.05) is 61.5 Å². The zero-order chi connectivity index (χ0) is 22.9.